The van der Waals surface area contributed by atoms with E-state index in [1.165, 1.54) is 51.4 Å². The van der Waals surface area contributed by atoms with Crippen LogP contribution in [0.4, 0.5) is 0 Å². The summed E-state index contributed by atoms with van der Waals surface area (Å²) in [5, 5.41) is 11.6. The fourth-order valence-electron chi connectivity index (χ4n) is 6.51. The molecule has 0 aromatic carbocycles. The van der Waals surface area contributed by atoms with Crippen LogP contribution in [0.1, 0.15) is 181 Å². The number of hydrogen-bond acceptors (Lipinski definition) is 7. The van der Waals surface area contributed by atoms with Crippen molar-refractivity contribution < 1.29 is 38.2 Å². The highest BCUT2D eigenvalue weighted by Crippen LogP contribution is 2.14. The highest BCUT2D eigenvalue weighted by atomic mass is 16.6. The number of likely N-dealkylation sites (N-methyl/N-ethyl adjacent to an activating group) is 1. The Kier molecular flexibility index (Phi) is 39.2. The van der Waals surface area contributed by atoms with E-state index < -0.39 is 18.1 Å². The summed E-state index contributed by atoms with van der Waals surface area (Å²) in [4.78, 5) is 36.9. The molecule has 0 fully saturated rings. The molecule has 2 unspecified atom stereocenters. The van der Waals surface area contributed by atoms with Crippen LogP contribution in [0.3, 0.4) is 0 Å². The van der Waals surface area contributed by atoms with Crippen LogP contribution in [-0.2, 0) is 28.6 Å². The average molecular weight is 826 g/mol. The number of ether oxygens (including phenoxy) is 3. The fraction of sp³-hybridized carbons (Fsp3) is 0.706. The summed E-state index contributed by atoms with van der Waals surface area (Å²) < 4.78 is 17.2. The predicted molar refractivity (Wildman–Crippen MR) is 245 cm³/mol. The van der Waals surface area contributed by atoms with Crippen LogP contribution in [0.15, 0.2) is 72.9 Å². The van der Waals surface area contributed by atoms with E-state index >= 15 is 0 Å². The van der Waals surface area contributed by atoms with Gasteiger partial charge in [-0.2, -0.15) is 0 Å². The maximum absolute atomic E-state index is 12.7. The molecule has 0 heterocycles. The molecule has 2 atom stereocenters. The Labute approximate surface area is 361 Å². The lowest BCUT2D eigenvalue weighted by atomic mass is 10.1. The molecule has 0 N–H and O–H groups in total. The number of allylic oxidation sites excluding steroid dienone is 12. The molecule has 338 valence electrons. The van der Waals surface area contributed by atoms with E-state index in [0.29, 0.717) is 12.8 Å². The number of esters is 2. The number of carboxylic acid groups (broad SMARTS) is 1. The van der Waals surface area contributed by atoms with Crippen LogP contribution in [0.5, 0.6) is 0 Å². The second kappa shape index (κ2) is 41.5. The maximum Gasteiger partial charge on any atom is 0.306 e. The monoisotopic (exact) mass is 826 g/mol. The van der Waals surface area contributed by atoms with Gasteiger partial charge in [-0.05, 0) is 77.0 Å². The zero-order valence-electron chi connectivity index (χ0n) is 38.4. The molecule has 8 heteroatoms. The van der Waals surface area contributed by atoms with E-state index in [1.807, 2.05) is 0 Å². The third kappa shape index (κ3) is 40.0. The van der Waals surface area contributed by atoms with Crippen LogP contribution in [0.2, 0.25) is 0 Å². The topological polar surface area (TPSA) is 102 Å². The molecule has 0 aromatic rings. The molecule has 0 bridgehead atoms. The van der Waals surface area contributed by atoms with Gasteiger partial charge in [0.2, 0.25) is 0 Å². The fourth-order valence-corrected chi connectivity index (χ4v) is 6.51. The Morgan fingerprint density at radius 2 is 0.898 bits per heavy atom. The summed E-state index contributed by atoms with van der Waals surface area (Å²) in [6, 6.07) is -0.732. The number of hydrogen-bond donors (Lipinski definition) is 0. The van der Waals surface area contributed by atoms with Crippen LogP contribution < -0.4 is 5.11 Å². The van der Waals surface area contributed by atoms with Gasteiger partial charge in [0.15, 0.2) is 6.10 Å². The summed E-state index contributed by atoms with van der Waals surface area (Å²) >= 11 is 0. The molecule has 0 spiro atoms. The van der Waals surface area contributed by atoms with Crippen LogP contribution in [0, 0.1) is 0 Å². The second-order valence-corrected chi connectivity index (χ2v) is 16.6. The summed E-state index contributed by atoms with van der Waals surface area (Å²) in [7, 11) is 5.40. The minimum atomic E-state index is -1.13. The summed E-state index contributed by atoms with van der Waals surface area (Å²) in [5.41, 5.74) is 0. The van der Waals surface area contributed by atoms with Gasteiger partial charge in [0.25, 0.3) is 0 Å². The normalized spacial score (nSPS) is 13.6. The summed E-state index contributed by atoms with van der Waals surface area (Å²) in [6.07, 6.45) is 52.1. The zero-order chi connectivity index (χ0) is 43.5. The molecule has 0 aliphatic rings. The van der Waals surface area contributed by atoms with E-state index in [0.717, 1.165) is 96.3 Å². The molecule has 0 aliphatic heterocycles. The third-order valence-corrected chi connectivity index (χ3v) is 10.1. The quantitative estimate of drug-likeness (QED) is 0.0262. The first kappa shape index (κ1) is 55.8. The van der Waals surface area contributed by atoms with Gasteiger partial charge in [-0.1, -0.05) is 157 Å². The van der Waals surface area contributed by atoms with Crippen molar-refractivity contribution in [1.29, 1.82) is 0 Å². The minimum Gasteiger partial charge on any atom is -0.544 e. The number of carbonyl (C=O) groups excluding carboxylic acids is 3. The van der Waals surface area contributed by atoms with E-state index in [2.05, 4.69) is 86.8 Å². The molecule has 0 saturated carbocycles. The molecule has 59 heavy (non-hydrogen) atoms. The molecule has 0 aromatic heterocycles. The predicted octanol–water partition coefficient (Wildman–Crippen LogP) is 11.8. The molecule has 0 rings (SSSR count). The number of unbranched alkanes of at least 4 members (excludes halogenated alkanes) is 15. The van der Waals surface area contributed by atoms with Gasteiger partial charge in [-0.15, -0.1) is 0 Å². The van der Waals surface area contributed by atoms with Crippen molar-refractivity contribution in [1.82, 2.24) is 0 Å². The van der Waals surface area contributed by atoms with E-state index in [9.17, 15) is 19.5 Å². The number of carboxylic acids is 1. The lowest BCUT2D eigenvalue weighted by Crippen LogP contribution is -2.55. The number of carbonyl (C=O) groups is 3. The van der Waals surface area contributed by atoms with Crippen LogP contribution >= 0.6 is 0 Å². The number of aliphatic carboxylic acids is 1. The first-order valence-electron chi connectivity index (χ1n) is 23.5. The lowest BCUT2D eigenvalue weighted by Gasteiger charge is -2.34. The highest BCUT2D eigenvalue weighted by Gasteiger charge is 2.25. The summed E-state index contributed by atoms with van der Waals surface area (Å²) in [6.45, 7) is 4.42. The Morgan fingerprint density at radius 1 is 0.508 bits per heavy atom. The molecule has 0 amide bonds. The smallest absolute Gasteiger partial charge is 0.306 e. The Balaban J connectivity index is 4.32. The van der Waals surface area contributed by atoms with Gasteiger partial charge in [0, 0.05) is 19.3 Å². The van der Waals surface area contributed by atoms with Gasteiger partial charge >= 0.3 is 11.9 Å². The molecular formula is C51H87NO7. The molecule has 0 aliphatic carbocycles. The number of quaternary nitrogens is 1. The van der Waals surface area contributed by atoms with Gasteiger partial charge in [-0.25, -0.2) is 0 Å². The highest BCUT2D eigenvalue weighted by molar-refractivity contribution is 5.70. The van der Waals surface area contributed by atoms with Crippen LogP contribution in [0.25, 0.3) is 0 Å². The minimum absolute atomic E-state index is 0.0304. The van der Waals surface area contributed by atoms with Gasteiger partial charge in [0.1, 0.15) is 12.6 Å². The van der Waals surface area contributed by atoms with Crippen molar-refractivity contribution in [2.24, 2.45) is 0 Å². The molecular weight excluding hydrogens is 739 g/mol. The molecule has 0 radical (unpaired) electrons. The summed E-state index contributed by atoms with van der Waals surface area (Å²) in [5.74, 6) is -1.76. The number of rotatable bonds is 41. The Bertz CT molecular complexity index is 1190. The van der Waals surface area contributed by atoms with Crippen molar-refractivity contribution in [3.05, 3.63) is 72.9 Å². The largest absolute Gasteiger partial charge is 0.544 e. The first-order chi connectivity index (χ1) is 28.6. The standard InChI is InChI=1S/C51H87NO7/c1-6-8-10-12-14-16-18-20-22-24-25-26-28-29-31-33-35-37-39-41-49(53)58-46-47(45-57-44-43-48(51(55)56)52(3,4)5)59-50(54)42-40-38-36-34-32-30-27-23-21-19-17-15-13-11-9-7-2/h8-11,14-17,20-23,47-48H,6-7,12-13,18-19,24-46H2,1-5H3/b10-8+,11-9+,16-14+,17-15+,22-20+,23-21+. The maximum atomic E-state index is 12.7. The van der Waals surface area contributed by atoms with E-state index in [4.69, 9.17) is 14.2 Å². The Hall–Kier alpha value is -3.23. The lowest BCUT2D eigenvalue weighted by molar-refractivity contribution is -0.889. The van der Waals surface area contributed by atoms with Crippen molar-refractivity contribution in [2.45, 2.75) is 193 Å². The second-order valence-electron chi connectivity index (χ2n) is 16.6. The van der Waals surface area contributed by atoms with Crippen molar-refractivity contribution in [3.63, 3.8) is 0 Å². The van der Waals surface area contributed by atoms with Gasteiger partial charge < -0.3 is 28.6 Å². The van der Waals surface area contributed by atoms with Crippen molar-refractivity contribution in [3.8, 4) is 0 Å². The SMILES string of the molecule is CC/C=C/C/C=C/C/C=C/CCCCCCCCCCCC(=O)OCC(COCCC(C(=O)[O-])[N+](C)(C)C)OC(=O)CCCCCCCC/C=C/C/C=C/C/C=C/CC. The van der Waals surface area contributed by atoms with Gasteiger partial charge in [0.05, 0.1) is 40.3 Å². The van der Waals surface area contributed by atoms with Crippen molar-refractivity contribution in [2.75, 3.05) is 41.0 Å². The van der Waals surface area contributed by atoms with Crippen molar-refractivity contribution >= 4 is 17.9 Å². The van der Waals surface area contributed by atoms with E-state index in [-0.39, 0.29) is 42.7 Å². The molecule has 8 nitrogen and oxygen atoms in total. The third-order valence-electron chi connectivity index (χ3n) is 10.1. The van der Waals surface area contributed by atoms with Crippen LogP contribution in [-0.4, -0.2) is 75.5 Å². The van der Waals surface area contributed by atoms with E-state index in [1.54, 1.807) is 21.1 Å². The molecule has 0 saturated heterocycles. The zero-order valence-corrected chi connectivity index (χ0v) is 38.4. The first-order valence-corrected chi connectivity index (χ1v) is 23.5. The number of nitrogens with zero attached hydrogens (tertiary/aromatic N) is 1. The average Bonchev–Trinajstić information content (AvgIpc) is 3.19. The Morgan fingerprint density at radius 3 is 1.32 bits per heavy atom. The van der Waals surface area contributed by atoms with Gasteiger partial charge in [-0.3, -0.25) is 9.59 Å².